The van der Waals surface area contributed by atoms with E-state index >= 15 is 0 Å². The van der Waals surface area contributed by atoms with Crippen molar-refractivity contribution in [2.45, 2.75) is 38.6 Å². The number of amides is 1. The van der Waals surface area contributed by atoms with Crippen molar-refractivity contribution < 1.29 is 9.53 Å². The molecule has 4 rings (SSSR count). The van der Waals surface area contributed by atoms with Gasteiger partial charge < -0.3 is 20.7 Å². The van der Waals surface area contributed by atoms with Gasteiger partial charge in [-0.3, -0.25) is 4.79 Å². The Kier molecular flexibility index (Phi) is 6.99. The van der Waals surface area contributed by atoms with Crippen molar-refractivity contribution in [3.63, 3.8) is 0 Å². The summed E-state index contributed by atoms with van der Waals surface area (Å²) in [6, 6.07) is 21.9. The second-order valence-electron chi connectivity index (χ2n) is 8.98. The molecule has 0 aromatic heterocycles. The van der Waals surface area contributed by atoms with Gasteiger partial charge in [0, 0.05) is 28.5 Å². The zero-order chi connectivity index (χ0) is 23.4. The predicted molar refractivity (Wildman–Crippen MR) is 136 cm³/mol. The average molecular weight is 444 g/mol. The third-order valence-electron chi connectivity index (χ3n) is 6.59. The summed E-state index contributed by atoms with van der Waals surface area (Å²) < 4.78 is 5.65. The van der Waals surface area contributed by atoms with Gasteiger partial charge in [0.25, 0.3) is 5.91 Å². The standard InChI is InChI=1S/C28H33N3O2/c1-19(2)31-15-13-21(14-16-31)25-18-23(10-12-27(25)33-3)30-28(32)22-9-11-24(26(29)17-22)20-7-5-4-6-8-20/h4-12,17-19,21H,13-16,29H2,1-3H3,(H,30,32). The monoisotopic (exact) mass is 443 g/mol. The number of nitrogen functional groups attached to an aromatic ring is 1. The van der Waals surface area contributed by atoms with Crippen molar-refractivity contribution in [2.75, 3.05) is 31.2 Å². The SMILES string of the molecule is COc1ccc(NC(=O)c2ccc(-c3ccccc3)c(N)c2)cc1C1CCN(C(C)C)CC1. The van der Waals surface area contributed by atoms with Gasteiger partial charge in [0.2, 0.25) is 0 Å². The first-order chi connectivity index (χ1) is 16.0. The highest BCUT2D eigenvalue weighted by atomic mass is 16.5. The van der Waals surface area contributed by atoms with E-state index in [1.54, 1.807) is 13.2 Å². The topological polar surface area (TPSA) is 67.6 Å². The molecule has 1 aliphatic heterocycles. The molecule has 5 nitrogen and oxygen atoms in total. The molecule has 0 radical (unpaired) electrons. The third-order valence-corrected chi connectivity index (χ3v) is 6.59. The van der Waals surface area contributed by atoms with E-state index in [0.29, 0.717) is 23.2 Å². The molecule has 1 heterocycles. The van der Waals surface area contributed by atoms with Gasteiger partial charge in [0.1, 0.15) is 5.75 Å². The Morgan fingerprint density at radius 2 is 1.76 bits per heavy atom. The Balaban J connectivity index is 1.50. The van der Waals surface area contributed by atoms with Gasteiger partial charge >= 0.3 is 0 Å². The van der Waals surface area contributed by atoms with Crippen LogP contribution in [0.1, 0.15) is 48.5 Å². The van der Waals surface area contributed by atoms with Crippen molar-refractivity contribution >= 4 is 17.3 Å². The number of carbonyl (C=O) groups excluding carboxylic acids is 1. The van der Waals surface area contributed by atoms with Gasteiger partial charge in [-0.2, -0.15) is 0 Å². The molecule has 172 valence electrons. The van der Waals surface area contributed by atoms with Crippen LogP contribution in [-0.2, 0) is 0 Å². The van der Waals surface area contributed by atoms with Crippen molar-refractivity contribution in [1.82, 2.24) is 4.90 Å². The second-order valence-corrected chi connectivity index (χ2v) is 8.98. The van der Waals surface area contributed by atoms with Gasteiger partial charge in [0.15, 0.2) is 0 Å². The molecule has 1 aliphatic rings. The maximum absolute atomic E-state index is 13.0. The number of nitrogens with two attached hydrogens (primary N) is 1. The Hall–Kier alpha value is -3.31. The van der Waals surface area contributed by atoms with Crippen molar-refractivity contribution in [1.29, 1.82) is 0 Å². The van der Waals surface area contributed by atoms with Gasteiger partial charge in [-0.25, -0.2) is 0 Å². The number of nitrogens with zero attached hydrogens (tertiary/aromatic N) is 1. The molecule has 1 fully saturated rings. The van der Waals surface area contributed by atoms with E-state index in [9.17, 15) is 4.79 Å². The molecule has 0 saturated carbocycles. The molecule has 3 aromatic carbocycles. The molecule has 5 heteroatoms. The zero-order valence-corrected chi connectivity index (χ0v) is 19.7. The first kappa shape index (κ1) is 22.9. The van der Waals surface area contributed by atoms with Gasteiger partial charge in [-0.15, -0.1) is 0 Å². The van der Waals surface area contributed by atoms with Crippen LogP contribution in [0.25, 0.3) is 11.1 Å². The van der Waals surface area contributed by atoms with Crippen LogP contribution in [0.4, 0.5) is 11.4 Å². The Labute approximate surface area is 196 Å². The normalized spacial score (nSPS) is 14.9. The fourth-order valence-electron chi connectivity index (χ4n) is 4.65. The lowest BCUT2D eigenvalue weighted by molar-refractivity contribution is 0.102. The number of rotatable bonds is 6. The maximum Gasteiger partial charge on any atom is 0.255 e. The number of piperidine rings is 1. The van der Waals surface area contributed by atoms with E-state index in [4.69, 9.17) is 10.5 Å². The highest BCUT2D eigenvalue weighted by Gasteiger charge is 2.24. The molecular formula is C28H33N3O2. The Morgan fingerprint density at radius 3 is 2.39 bits per heavy atom. The number of likely N-dealkylation sites (tertiary alicyclic amines) is 1. The Morgan fingerprint density at radius 1 is 1.03 bits per heavy atom. The molecule has 0 spiro atoms. The first-order valence-electron chi connectivity index (χ1n) is 11.6. The van der Waals surface area contributed by atoms with E-state index in [0.717, 1.165) is 54.1 Å². The van der Waals surface area contributed by atoms with Crippen molar-refractivity contribution in [3.8, 4) is 16.9 Å². The van der Waals surface area contributed by atoms with Crippen molar-refractivity contribution in [2.24, 2.45) is 0 Å². The quantitative estimate of drug-likeness (QED) is 0.474. The summed E-state index contributed by atoms with van der Waals surface area (Å²) in [5.74, 6) is 1.13. The minimum Gasteiger partial charge on any atom is -0.496 e. The summed E-state index contributed by atoms with van der Waals surface area (Å²) in [7, 11) is 1.71. The van der Waals surface area contributed by atoms with E-state index in [1.807, 2.05) is 54.6 Å². The molecule has 3 aromatic rings. The summed E-state index contributed by atoms with van der Waals surface area (Å²) in [6.07, 6.45) is 2.17. The van der Waals surface area contributed by atoms with Crippen LogP contribution in [0.5, 0.6) is 5.75 Å². The van der Waals surface area contributed by atoms with E-state index in [2.05, 4.69) is 30.1 Å². The fraction of sp³-hybridized carbons (Fsp3) is 0.321. The molecular weight excluding hydrogens is 410 g/mol. The minimum atomic E-state index is -0.174. The van der Waals surface area contributed by atoms with Crippen LogP contribution in [0, 0.1) is 0 Å². The number of benzene rings is 3. The van der Waals surface area contributed by atoms with Crippen LogP contribution in [0.3, 0.4) is 0 Å². The van der Waals surface area contributed by atoms with Gasteiger partial charge in [-0.1, -0.05) is 36.4 Å². The predicted octanol–water partition coefficient (Wildman–Crippen LogP) is 5.78. The zero-order valence-electron chi connectivity index (χ0n) is 19.7. The lowest BCUT2D eigenvalue weighted by atomic mass is 9.88. The lowest BCUT2D eigenvalue weighted by Gasteiger charge is -2.35. The highest BCUT2D eigenvalue weighted by molar-refractivity contribution is 6.05. The van der Waals surface area contributed by atoms with Crippen LogP contribution >= 0.6 is 0 Å². The molecule has 33 heavy (non-hydrogen) atoms. The number of ether oxygens (including phenoxy) is 1. The number of nitrogens with one attached hydrogen (secondary N) is 1. The van der Waals surface area contributed by atoms with Crippen LogP contribution in [-0.4, -0.2) is 37.0 Å². The first-order valence-corrected chi connectivity index (χ1v) is 11.6. The number of methoxy groups -OCH3 is 1. The molecule has 0 atom stereocenters. The summed E-state index contributed by atoms with van der Waals surface area (Å²) in [5, 5.41) is 3.04. The molecule has 1 amide bonds. The van der Waals surface area contributed by atoms with Gasteiger partial charge in [0.05, 0.1) is 7.11 Å². The van der Waals surface area contributed by atoms with Crippen molar-refractivity contribution in [3.05, 3.63) is 77.9 Å². The molecule has 1 saturated heterocycles. The lowest BCUT2D eigenvalue weighted by Crippen LogP contribution is -2.37. The molecule has 3 N–H and O–H groups in total. The fourth-order valence-corrected chi connectivity index (χ4v) is 4.65. The van der Waals surface area contributed by atoms with Gasteiger partial charge in [-0.05, 0) is 87.2 Å². The summed E-state index contributed by atoms with van der Waals surface area (Å²) in [6.45, 7) is 6.65. The maximum atomic E-state index is 13.0. The van der Waals surface area contributed by atoms with E-state index < -0.39 is 0 Å². The molecule has 0 unspecified atom stereocenters. The number of carbonyl (C=O) groups is 1. The molecule has 0 bridgehead atoms. The minimum absolute atomic E-state index is 0.174. The average Bonchev–Trinajstić information content (AvgIpc) is 2.84. The van der Waals surface area contributed by atoms with Crippen LogP contribution in [0.2, 0.25) is 0 Å². The highest BCUT2D eigenvalue weighted by Crippen LogP contribution is 2.36. The van der Waals surface area contributed by atoms with E-state index in [-0.39, 0.29) is 5.91 Å². The summed E-state index contributed by atoms with van der Waals surface area (Å²) >= 11 is 0. The smallest absolute Gasteiger partial charge is 0.255 e. The Bertz CT molecular complexity index is 1100. The number of hydrogen-bond acceptors (Lipinski definition) is 4. The van der Waals surface area contributed by atoms with Crippen LogP contribution < -0.4 is 15.8 Å². The number of anilines is 2. The summed E-state index contributed by atoms with van der Waals surface area (Å²) in [5.41, 5.74) is 11.3. The number of hydrogen-bond donors (Lipinski definition) is 2. The van der Waals surface area contributed by atoms with E-state index in [1.165, 1.54) is 0 Å². The summed E-state index contributed by atoms with van der Waals surface area (Å²) in [4.78, 5) is 15.5. The second kappa shape index (κ2) is 10.1. The van der Waals surface area contributed by atoms with Crippen LogP contribution in [0.15, 0.2) is 66.7 Å². The molecule has 0 aliphatic carbocycles. The largest absolute Gasteiger partial charge is 0.496 e. The third kappa shape index (κ3) is 5.20.